The molecule has 1 aromatic rings. The number of nitrogens with one attached hydrogen (secondary N) is 1. The van der Waals surface area contributed by atoms with Crippen LogP contribution in [0.15, 0.2) is 0 Å². The molecule has 19 heavy (non-hydrogen) atoms. The Kier molecular flexibility index (Phi) is 3.81. The molecule has 2 atom stereocenters. The lowest BCUT2D eigenvalue weighted by Gasteiger charge is -2.37. The van der Waals surface area contributed by atoms with Crippen molar-refractivity contribution >= 4 is 16.5 Å². The lowest BCUT2D eigenvalue weighted by atomic mass is 9.93. The van der Waals surface area contributed by atoms with Gasteiger partial charge in [-0.15, -0.1) is 11.3 Å². The highest BCUT2D eigenvalue weighted by molar-refractivity contribution is 7.15. The molecule has 1 N–H and O–H groups in total. The summed E-state index contributed by atoms with van der Waals surface area (Å²) in [6.45, 7) is 9.05. The SMILES string of the molecule is Cc1nc(N2CCCC(C)C2C)sc1CNC1CC1. The fourth-order valence-corrected chi connectivity index (χ4v) is 3.96. The van der Waals surface area contributed by atoms with Gasteiger partial charge in [-0.05, 0) is 45.4 Å². The molecule has 0 aromatic carbocycles. The number of nitrogens with zero attached hydrogens (tertiary/aromatic N) is 2. The quantitative estimate of drug-likeness (QED) is 0.916. The van der Waals surface area contributed by atoms with Gasteiger partial charge in [0.1, 0.15) is 0 Å². The lowest BCUT2D eigenvalue weighted by Crippen LogP contribution is -2.42. The first-order chi connectivity index (χ1) is 9.15. The summed E-state index contributed by atoms with van der Waals surface area (Å²) < 4.78 is 0. The van der Waals surface area contributed by atoms with Crippen LogP contribution in [0.1, 0.15) is 50.1 Å². The Labute approximate surface area is 120 Å². The van der Waals surface area contributed by atoms with Gasteiger partial charge in [0.25, 0.3) is 0 Å². The van der Waals surface area contributed by atoms with Crippen molar-refractivity contribution in [1.29, 1.82) is 0 Å². The number of anilines is 1. The van der Waals surface area contributed by atoms with Crippen molar-refractivity contribution in [3.8, 4) is 0 Å². The van der Waals surface area contributed by atoms with Crippen LogP contribution in [0.5, 0.6) is 0 Å². The number of aromatic nitrogens is 1. The standard InChI is InChI=1S/C15H25N3S/c1-10-5-4-8-18(12(10)3)15-17-11(2)14(19-15)9-16-13-6-7-13/h10,12-13,16H,4-9H2,1-3H3. The van der Waals surface area contributed by atoms with Crippen LogP contribution in [-0.2, 0) is 6.54 Å². The van der Waals surface area contributed by atoms with E-state index in [1.54, 1.807) is 0 Å². The summed E-state index contributed by atoms with van der Waals surface area (Å²) in [7, 11) is 0. The zero-order valence-corrected chi connectivity index (χ0v) is 13.1. The Morgan fingerprint density at radius 3 is 2.84 bits per heavy atom. The summed E-state index contributed by atoms with van der Waals surface area (Å²) in [6.07, 6.45) is 5.37. The second-order valence-corrected chi connectivity index (χ2v) is 7.28. The Balaban J connectivity index is 1.71. The van der Waals surface area contributed by atoms with E-state index in [1.165, 1.54) is 47.9 Å². The molecule has 2 heterocycles. The minimum absolute atomic E-state index is 0.628. The summed E-state index contributed by atoms with van der Waals surface area (Å²) >= 11 is 1.89. The molecule has 4 heteroatoms. The first-order valence-electron chi connectivity index (χ1n) is 7.61. The van der Waals surface area contributed by atoms with E-state index in [0.717, 1.165) is 18.5 Å². The van der Waals surface area contributed by atoms with E-state index in [0.29, 0.717) is 6.04 Å². The van der Waals surface area contributed by atoms with Gasteiger partial charge in [0.15, 0.2) is 5.13 Å². The van der Waals surface area contributed by atoms with Crippen molar-refractivity contribution in [3.63, 3.8) is 0 Å². The van der Waals surface area contributed by atoms with E-state index in [1.807, 2.05) is 11.3 Å². The molecule has 2 fully saturated rings. The first-order valence-corrected chi connectivity index (χ1v) is 8.43. The summed E-state index contributed by atoms with van der Waals surface area (Å²) in [6, 6.07) is 1.41. The molecule has 3 rings (SSSR count). The zero-order chi connectivity index (χ0) is 13.4. The largest absolute Gasteiger partial charge is 0.345 e. The summed E-state index contributed by atoms with van der Waals surface area (Å²) in [4.78, 5) is 8.77. The third-order valence-electron chi connectivity index (χ3n) is 4.63. The smallest absolute Gasteiger partial charge is 0.186 e. The molecule has 0 spiro atoms. The van der Waals surface area contributed by atoms with E-state index in [2.05, 4.69) is 31.0 Å². The number of hydrogen-bond donors (Lipinski definition) is 1. The maximum atomic E-state index is 4.82. The van der Waals surface area contributed by atoms with Crippen LogP contribution < -0.4 is 10.2 Å². The van der Waals surface area contributed by atoms with E-state index >= 15 is 0 Å². The first kappa shape index (κ1) is 13.4. The fourth-order valence-electron chi connectivity index (χ4n) is 2.83. The zero-order valence-electron chi connectivity index (χ0n) is 12.3. The van der Waals surface area contributed by atoms with Crippen LogP contribution in [0.25, 0.3) is 0 Å². The maximum Gasteiger partial charge on any atom is 0.186 e. The monoisotopic (exact) mass is 279 g/mol. The highest BCUT2D eigenvalue weighted by atomic mass is 32.1. The van der Waals surface area contributed by atoms with Gasteiger partial charge in [0, 0.05) is 30.1 Å². The second kappa shape index (κ2) is 5.41. The van der Waals surface area contributed by atoms with Crippen molar-refractivity contribution in [2.24, 2.45) is 5.92 Å². The highest BCUT2D eigenvalue weighted by Crippen LogP contribution is 2.33. The minimum Gasteiger partial charge on any atom is -0.345 e. The number of hydrogen-bond acceptors (Lipinski definition) is 4. The summed E-state index contributed by atoms with van der Waals surface area (Å²) in [5, 5.41) is 4.84. The molecular weight excluding hydrogens is 254 g/mol. The number of aryl methyl sites for hydroxylation is 1. The van der Waals surface area contributed by atoms with Crippen LogP contribution in [0.4, 0.5) is 5.13 Å². The van der Waals surface area contributed by atoms with Gasteiger partial charge in [0.05, 0.1) is 5.69 Å². The molecule has 2 unspecified atom stereocenters. The molecular formula is C15H25N3S. The van der Waals surface area contributed by atoms with Gasteiger partial charge >= 0.3 is 0 Å². The molecule has 1 aromatic heterocycles. The Morgan fingerprint density at radius 1 is 1.32 bits per heavy atom. The molecule has 106 valence electrons. The molecule has 1 aliphatic carbocycles. The van der Waals surface area contributed by atoms with Crippen LogP contribution in [0, 0.1) is 12.8 Å². The van der Waals surface area contributed by atoms with Crippen molar-refractivity contribution in [2.75, 3.05) is 11.4 Å². The van der Waals surface area contributed by atoms with Crippen molar-refractivity contribution in [1.82, 2.24) is 10.3 Å². The van der Waals surface area contributed by atoms with Gasteiger partial charge in [-0.2, -0.15) is 0 Å². The summed E-state index contributed by atoms with van der Waals surface area (Å²) in [5.74, 6) is 0.783. The second-order valence-electron chi connectivity index (χ2n) is 6.21. The molecule has 3 nitrogen and oxygen atoms in total. The van der Waals surface area contributed by atoms with Crippen molar-refractivity contribution < 1.29 is 0 Å². The molecule has 2 aliphatic rings. The third-order valence-corrected chi connectivity index (χ3v) is 5.82. The predicted molar refractivity (Wildman–Crippen MR) is 81.9 cm³/mol. The third kappa shape index (κ3) is 2.95. The number of piperidine rings is 1. The van der Waals surface area contributed by atoms with Crippen molar-refractivity contribution in [2.45, 2.75) is 65.1 Å². The Morgan fingerprint density at radius 2 is 2.11 bits per heavy atom. The van der Waals surface area contributed by atoms with Gasteiger partial charge in [0.2, 0.25) is 0 Å². The number of rotatable bonds is 4. The molecule has 0 radical (unpaired) electrons. The van der Waals surface area contributed by atoms with Crippen LogP contribution in [0.2, 0.25) is 0 Å². The molecule has 1 aliphatic heterocycles. The fraction of sp³-hybridized carbons (Fsp3) is 0.800. The minimum atomic E-state index is 0.628. The average molecular weight is 279 g/mol. The Bertz CT molecular complexity index is 439. The van der Waals surface area contributed by atoms with E-state index in [4.69, 9.17) is 4.98 Å². The van der Waals surface area contributed by atoms with Crippen LogP contribution >= 0.6 is 11.3 Å². The van der Waals surface area contributed by atoms with Gasteiger partial charge < -0.3 is 10.2 Å². The van der Waals surface area contributed by atoms with Gasteiger partial charge in [-0.1, -0.05) is 6.92 Å². The number of thiazole rings is 1. The lowest BCUT2D eigenvalue weighted by molar-refractivity contribution is 0.363. The van der Waals surface area contributed by atoms with Crippen LogP contribution in [0.3, 0.4) is 0 Å². The Hall–Kier alpha value is -0.610. The molecule has 1 saturated carbocycles. The topological polar surface area (TPSA) is 28.2 Å². The molecule has 1 saturated heterocycles. The van der Waals surface area contributed by atoms with E-state index < -0.39 is 0 Å². The molecule has 0 bridgehead atoms. The molecule has 0 amide bonds. The average Bonchev–Trinajstić information content (AvgIpc) is 3.14. The normalized spacial score (nSPS) is 27.8. The summed E-state index contributed by atoms with van der Waals surface area (Å²) in [5.41, 5.74) is 1.22. The van der Waals surface area contributed by atoms with E-state index in [-0.39, 0.29) is 0 Å². The van der Waals surface area contributed by atoms with Crippen LogP contribution in [-0.4, -0.2) is 23.6 Å². The van der Waals surface area contributed by atoms with Gasteiger partial charge in [-0.3, -0.25) is 0 Å². The van der Waals surface area contributed by atoms with E-state index in [9.17, 15) is 0 Å². The maximum absolute atomic E-state index is 4.82. The highest BCUT2D eigenvalue weighted by Gasteiger charge is 2.27. The predicted octanol–water partition coefficient (Wildman–Crippen LogP) is 3.33. The van der Waals surface area contributed by atoms with Gasteiger partial charge in [-0.25, -0.2) is 4.98 Å². The van der Waals surface area contributed by atoms with Crippen molar-refractivity contribution in [3.05, 3.63) is 10.6 Å².